The summed E-state index contributed by atoms with van der Waals surface area (Å²) < 4.78 is 1.76. The second kappa shape index (κ2) is 7.81. The van der Waals surface area contributed by atoms with E-state index in [4.69, 9.17) is 0 Å². The fourth-order valence-corrected chi connectivity index (χ4v) is 3.09. The van der Waals surface area contributed by atoms with Gasteiger partial charge in [-0.1, -0.05) is 23.4 Å². The maximum atomic E-state index is 12.0. The Hall–Kier alpha value is -2.57. The van der Waals surface area contributed by atoms with Crippen molar-refractivity contribution in [1.29, 1.82) is 0 Å². The molecule has 7 heteroatoms. The Morgan fingerprint density at radius 1 is 1.33 bits per heavy atom. The highest BCUT2D eigenvalue weighted by atomic mass is 16.2. The van der Waals surface area contributed by atoms with Gasteiger partial charge in [0.15, 0.2) is 0 Å². The average molecular weight is 328 g/mol. The number of amides is 2. The Kier molecular flexibility index (Phi) is 5.30. The number of carbonyl (C=O) groups is 1. The van der Waals surface area contributed by atoms with Crippen LogP contribution in [0.1, 0.15) is 24.3 Å². The molecular weight excluding hydrogens is 304 g/mol. The summed E-state index contributed by atoms with van der Waals surface area (Å²) in [6.07, 6.45) is 5.35. The van der Waals surface area contributed by atoms with Crippen LogP contribution in [0.2, 0.25) is 0 Å². The zero-order valence-corrected chi connectivity index (χ0v) is 14.0. The summed E-state index contributed by atoms with van der Waals surface area (Å²) in [5.41, 5.74) is 2.58. The largest absolute Gasteiger partial charge is 0.374 e. The summed E-state index contributed by atoms with van der Waals surface area (Å²) in [7, 11) is 2.12. The van der Waals surface area contributed by atoms with Gasteiger partial charge in [0.05, 0.1) is 6.20 Å². The van der Waals surface area contributed by atoms with Crippen LogP contribution in [0.5, 0.6) is 0 Å². The second-order valence-electron chi connectivity index (χ2n) is 6.12. The van der Waals surface area contributed by atoms with E-state index in [1.165, 1.54) is 11.3 Å². The van der Waals surface area contributed by atoms with Gasteiger partial charge in [0.1, 0.15) is 0 Å². The van der Waals surface area contributed by atoms with Crippen molar-refractivity contribution in [3.63, 3.8) is 0 Å². The van der Waals surface area contributed by atoms with Gasteiger partial charge >= 0.3 is 6.03 Å². The molecule has 1 aliphatic heterocycles. The lowest BCUT2D eigenvalue weighted by atomic mass is 9.90. The normalized spacial score (nSPS) is 16.5. The molecule has 2 amide bonds. The number of rotatable bonds is 6. The standard InChI is InChI=1S/C17H24N6O/c1-22-11-7-14(15-5-2-3-6-16(15)22)13-19-17(24)18-8-4-10-23-12-9-20-21-23/h2-3,5-6,9,12,14H,4,7-8,10-11,13H2,1H3,(H2,18,19,24). The predicted octanol–water partition coefficient (Wildman–Crippen LogP) is 1.59. The molecule has 1 aromatic carbocycles. The third-order valence-electron chi connectivity index (χ3n) is 4.43. The number of para-hydroxylation sites is 1. The minimum absolute atomic E-state index is 0.106. The van der Waals surface area contributed by atoms with Crippen molar-refractivity contribution in [3.05, 3.63) is 42.2 Å². The van der Waals surface area contributed by atoms with E-state index in [1.54, 1.807) is 10.9 Å². The number of aromatic nitrogens is 3. The molecule has 128 valence electrons. The predicted molar refractivity (Wildman–Crippen MR) is 93.1 cm³/mol. The topological polar surface area (TPSA) is 75.1 Å². The highest BCUT2D eigenvalue weighted by Gasteiger charge is 2.22. The summed E-state index contributed by atoms with van der Waals surface area (Å²) in [5, 5.41) is 13.5. The van der Waals surface area contributed by atoms with Gasteiger partial charge in [0.25, 0.3) is 0 Å². The fraction of sp³-hybridized carbons (Fsp3) is 0.471. The zero-order chi connectivity index (χ0) is 16.8. The molecule has 1 atom stereocenters. The molecule has 2 aromatic rings. The van der Waals surface area contributed by atoms with Crippen molar-refractivity contribution in [2.75, 3.05) is 31.6 Å². The number of nitrogens with one attached hydrogen (secondary N) is 2. The maximum Gasteiger partial charge on any atom is 0.314 e. The highest BCUT2D eigenvalue weighted by Crippen LogP contribution is 2.33. The molecular formula is C17H24N6O. The SMILES string of the molecule is CN1CCC(CNC(=O)NCCCn2ccnn2)c2ccccc21. The second-order valence-corrected chi connectivity index (χ2v) is 6.12. The Morgan fingerprint density at radius 2 is 2.21 bits per heavy atom. The van der Waals surface area contributed by atoms with Crippen LogP contribution in [-0.2, 0) is 6.54 Å². The van der Waals surface area contributed by atoms with Gasteiger partial charge in [0.2, 0.25) is 0 Å². The van der Waals surface area contributed by atoms with Gasteiger partial charge in [-0.05, 0) is 24.5 Å². The molecule has 1 aromatic heterocycles. The van der Waals surface area contributed by atoms with Crippen molar-refractivity contribution in [2.45, 2.75) is 25.3 Å². The van der Waals surface area contributed by atoms with Gasteiger partial charge in [-0.2, -0.15) is 0 Å². The number of aryl methyl sites for hydroxylation is 1. The van der Waals surface area contributed by atoms with Crippen LogP contribution in [0.15, 0.2) is 36.7 Å². The van der Waals surface area contributed by atoms with Gasteiger partial charge in [0, 0.05) is 51.0 Å². The van der Waals surface area contributed by atoms with Crippen LogP contribution < -0.4 is 15.5 Å². The number of anilines is 1. The van der Waals surface area contributed by atoms with E-state index in [0.29, 0.717) is 19.0 Å². The number of urea groups is 1. The molecule has 2 N–H and O–H groups in total. The van der Waals surface area contributed by atoms with Crippen molar-refractivity contribution in [3.8, 4) is 0 Å². The third kappa shape index (κ3) is 4.04. The molecule has 7 nitrogen and oxygen atoms in total. The quantitative estimate of drug-likeness (QED) is 0.790. The Balaban J connectivity index is 1.41. The molecule has 0 bridgehead atoms. The molecule has 0 saturated heterocycles. The number of hydrogen-bond donors (Lipinski definition) is 2. The van der Waals surface area contributed by atoms with E-state index < -0.39 is 0 Å². The number of hydrogen-bond acceptors (Lipinski definition) is 4. The number of carbonyl (C=O) groups excluding carboxylic acids is 1. The van der Waals surface area contributed by atoms with Crippen LogP contribution in [0, 0.1) is 0 Å². The van der Waals surface area contributed by atoms with Crippen molar-refractivity contribution >= 4 is 11.7 Å². The zero-order valence-electron chi connectivity index (χ0n) is 14.0. The monoisotopic (exact) mass is 328 g/mol. The average Bonchev–Trinajstić information content (AvgIpc) is 3.12. The molecule has 0 spiro atoms. The van der Waals surface area contributed by atoms with E-state index >= 15 is 0 Å². The lowest BCUT2D eigenvalue weighted by Gasteiger charge is -2.33. The Morgan fingerprint density at radius 3 is 3.04 bits per heavy atom. The smallest absolute Gasteiger partial charge is 0.314 e. The van der Waals surface area contributed by atoms with Crippen LogP contribution in [0.25, 0.3) is 0 Å². The first-order valence-electron chi connectivity index (χ1n) is 8.40. The lowest BCUT2D eigenvalue weighted by Crippen LogP contribution is -2.40. The van der Waals surface area contributed by atoms with Crippen molar-refractivity contribution < 1.29 is 4.79 Å². The first-order valence-corrected chi connectivity index (χ1v) is 8.40. The van der Waals surface area contributed by atoms with Crippen LogP contribution in [0.4, 0.5) is 10.5 Å². The van der Waals surface area contributed by atoms with Gasteiger partial charge in [-0.15, -0.1) is 5.10 Å². The number of benzene rings is 1. The molecule has 24 heavy (non-hydrogen) atoms. The van der Waals surface area contributed by atoms with Gasteiger partial charge in [-0.25, -0.2) is 4.79 Å². The van der Waals surface area contributed by atoms with E-state index in [-0.39, 0.29) is 6.03 Å². The minimum Gasteiger partial charge on any atom is -0.374 e. The Labute approximate surface area is 142 Å². The molecule has 0 radical (unpaired) electrons. The summed E-state index contributed by atoms with van der Waals surface area (Å²) in [6.45, 7) is 3.06. The van der Waals surface area contributed by atoms with Gasteiger partial charge < -0.3 is 15.5 Å². The first-order chi connectivity index (χ1) is 11.7. The summed E-state index contributed by atoms with van der Waals surface area (Å²) in [6, 6.07) is 8.33. The molecule has 0 saturated carbocycles. The van der Waals surface area contributed by atoms with E-state index in [2.05, 4.69) is 57.2 Å². The third-order valence-corrected chi connectivity index (χ3v) is 4.43. The van der Waals surface area contributed by atoms with E-state index in [9.17, 15) is 4.79 Å². The van der Waals surface area contributed by atoms with E-state index in [1.807, 2.05) is 6.20 Å². The number of fused-ring (bicyclic) bond motifs is 1. The molecule has 1 unspecified atom stereocenters. The Bertz CT molecular complexity index is 657. The molecule has 0 fully saturated rings. The highest BCUT2D eigenvalue weighted by molar-refractivity contribution is 5.74. The van der Waals surface area contributed by atoms with Crippen LogP contribution in [0.3, 0.4) is 0 Å². The molecule has 3 rings (SSSR count). The van der Waals surface area contributed by atoms with Gasteiger partial charge in [-0.3, -0.25) is 4.68 Å². The van der Waals surface area contributed by atoms with Crippen LogP contribution >= 0.6 is 0 Å². The van der Waals surface area contributed by atoms with Crippen molar-refractivity contribution in [1.82, 2.24) is 25.6 Å². The van der Waals surface area contributed by atoms with Crippen LogP contribution in [-0.4, -0.2) is 47.7 Å². The molecule has 1 aliphatic rings. The summed E-state index contributed by atoms with van der Waals surface area (Å²) >= 11 is 0. The number of nitrogens with zero attached hydrogens (tertiary/aromatic N) is 4. The lowest BCUT2D eigenvalue weighted by molar-refractivity contribution is 0.239. The summed E-state index contributed by atoms with van der Waals surface area (Å²) in [5.74, 6) is 0.373. The van der Waals surface area contributed by atoms with Crippen molar-refractivity contribution in [2.24, 2.45) is 0 Å². The molecule has 0 aliphatic carbocycles. The summed E-state index contributed by atoms with van der Waals surface area (Å²) in [4.78, 5) is 14.2. The fourth-order valence-electron chi connectivity index (χ4n) is 3.09. The minimum atomic E-state index is -0.106. The van der Waals surface area contributed by atoms with E-state index in [0.717, 1.165) is 25.9 Å². The molecule has 2 heterocycles. The maximum absolute atomic E-state index is 12.0. The first kappa shape index (κ1) is 16.3.